The fourth-order valence-electron chi connectivity index (χ4n) is 3.02. The quantitative estimate of drug-likeness (QED) is 0.601. The summed E-state index contributed by atoms with van der Waals surface area (Å²) in [6, 6.07) is 12.8. The van der Waals surface area contributed by atoms with Gasteiger partial charge in [0.05, 0.1) is 20.8 Å². The molecule has 7 heteroatoms. The summed E-state index contributed by atoms with van der Waals surface area (Å²) < 4.78 is 16.1. The van der Waals surface area contributed by atoms with Gasteiger partial charge in [-0.05, 0) is 37.2 Å². The third-order valence-corrected chi connectivity index (χ3v) is 4.39. The summed E-state index contributed by atoms with van der Waals surface area (Å²) in [6.07, 6.45) is 0.976. The van der Waals surface area contributed by atoms with Crippen LogP contribution in [0.4, 0.5) is 0 Å². The molecule has 0 aliphatic carbocycles. The van der Waals surface area contributed by atoms with Crippen LogP contribution in [0.2, 0.25) is 0 Å². The van der Waals surface area contributed by atoms with Crippen molar-refractivity contribution < 1.29 is 19.1 Å². The highest BCUT2D eigenvalue weighted by Gasteiger charge is 2.16. The average Bonchev–Trinajstić information content (AvgIpc) is 3.18. The summed E-state index contributed by atoms with van der Waals surface area (Å²) in [5.74, 6) is 2.56. The van der Waals surface area contributed by atoms with Crippen molar-refractivity contribution in [3.05, 3.63) is 53.9 Å². The Kier molecular flexibility index (Phi) is 6.49. The van der Waals surface area contributed by atoms with E-state index in [1.54, 1.807) is 20.3 Å². The number of methoxy groups -OCH3 is 2. The molecule has 148 valence electrons. The predicted octanol–water partition coefficient (Wildman–Crippen LogP) is 3.87. The lowest BCUT2D eigenvalue weighted by atomic mass is 10.2. The number of benzene rings is 2. The maximum atomic E-state index is 10.0. The van der Waals surface area contributed by atoms with Crippen molar-refractivity contribution in [3.8, 4) is 28.6 Å². The highest BCUT2D eigenvalue weighted by Crippen LogP contribution is 2.31. The van der Waals surface area contributed by atoms with Crippen LogP contribution in [-0.4, -0.2) is 40.9 Å². The van der Waals surface area contributed by atoms with Gasteiger partial charge in [-0.1, -0.05) is 30.3 Å². The van der Waals surface area contributed by atoms with Crippen molar-refractivity contribution in [1.29, 1.82) is 0 Å². The minimum atomic E-state index is 0.292. The van der Waals surface area contributed by atoms with Gasteiger partial charge in [0.25, 0.3) is 0 Å². The number of aromatic hydroxyl groups is 1. The molecule has 1 aromatic heterocycles. The van der Waals surface area contributed by atoms with Crippen LogP contribution in [0.1, 0.15) is 24.8 Å². The molecule has 0 saturated heterocycles. The van der Waals surface area contributed by atoms with Crippen LogP contribution in [0.3, 0.4) is 0 Å². The molecular weight excluding hydrogens is 358 g/mol. The lowest BCUT2D eigenvalue weighted by Crippen LogP contribution is -2.23. The minimum absolute atomic E-state index is 0.292. The molecule has 1 heterocycles. The molecule has 3 rings (SSSR count). The lowest BCUT2D eigenvalue weighted by Gasteiger charge is -2.20. The first-order chi connectivity index (χ1) is 13.6. The van der Waals surface area contributed by atoms with Crippen LogP contribution >= 0.6 is 0 Å². The molecular formula is C21H25N3O4. The Morgan fingerprint density at radius 1 is 1.04 bits per heavy atom. The maximum Gasteiger partial charge on any atom is 0.241 e. The van der Waals surface area contributed by atoms with E-state index in [9.17, 15) is 5.11 Å². The zero-order chi connectivity index (χ0) is 19.9. The molecule has 2 aromatic carbocycles. The van der Waals surface area contributed by atoms with Gasteiger partial charge in [0.15, 0.2) is 11.5 Å². The Labute approximate surface area is 164 Å². The zero-order valence-electron chi connectivity index (χ0n) is 16.4. The van der Waals surface area contributed by atoms with Crippen LogP contribution in [-0.2, 0) is 13.1 Å². The third-order valence-electron chi connectivity index (χ3n) is 4.39. The normalized spacial score (nSPS) is 11.0. The number of ether oxygens (including phenoxy) is 2. The average molecular weight is 383 g/mol. The second-order valence-corrected chi connectivity index (χ2v) is 6.42. The number of phenolic OH excluding ortho intramolecular Hbond substituents is 1. The number of hydrogen-bond acceptors (Lipinski definition) is 7. The monoisotopic (exact) mass is 383 g/mol. The first-order valence-corrected chi connectivity index (χ1v) is 9.18. The molecule has 0 fully saturated rings. The van der Waals surface area contributed by atoms with E-state index in [1.807, 2.05) is 36.4 Å². The van der Waals surface area contributed by atoms with Gasteiger partial charge in [0, 0.05) is 17.7 Å². The van der Waals surface area contributed by atoms with Gasteiger partial charge in [0.1, 0.15) is 5.75 Å². The molecule has 0 unspecified atom stereocenters. The van der Waals surface area contributed by atoms with E-state index in [-0.39, 0.29) is 0 Å². The fraction of sp³-hybridized carbons (Fsp3) is 0.333. The van der Waals surface area contributed by atoms with Crippen molar-refractivity contribution in [3.63, 3.8) is 0 Å². The van der Waals surface area contributed by atoms with Crippen LogP contribution in [0.25, 0.3) is 11.4 Å². The van der Waals surface area contributed by atoms with Crippen LogP contribution in [0.5, 0.6) is 17.2 Å². The van der Waals surface area contributed by atoms with Crippen molar-refractivity contribution in [2.75, 3.05) is 20.8 Å². The highest BCUT2D eigenvalue weighted by atomic mass is 16.5. The second kappa shape index (κ2) is 9.23. The molecule has 0 radical (unpaired) electrons. The Bertz CT molecular complexity index is 910. The van der Waals surface area contributed by atoms with Crippen LogP contribution in [0.15, 0.2) is 47.0 Å². The molecule has 0 amide bonds. The number of aromatic nitrogens is 2. The Morgan fingerprint density at radius 2 is 1.82 bits per heavy atom. The van der Waals surface area contributed by atoms with Crippen molar-refractivity contribution >= 4 is 0 Å². The molecule has 0 atom stereocenters. The van der Waals surface area contributed by atoms with Gasteiger partial charge < -0.3 is 19.1 Å². The SMILES string of the molecule is CCCN(Cc1nc(-c2ccc(OC)c(OC)c2)no1)Cc1ccccc1O. The molecule has 0 aliphatic heterocycles. The topological polar surface area (TPSA) is 80.9 Å². The van der Waals surface area contributed by atoms with Crippen LogP contribution in [0, 0.1) is 0 Å². The first kappa shape index (κ1) is 19.7. The first-order valence-electron chi connectivity index (χ1n) is 9.18. The summed E-state index contributed by atoms with van der Waals surface area (Å²) in [6.45, 7) is 4.07. The van der Waals surface area contributed by atoms with Gasteiger partial charge in [0.2, 0.25) is 11.7 Å². The van der Waals surface area contributed by atoms with Gasteiger partial charge in [-0.2, -0.15) is 4.98 Å². The van der Waals surface area contributed by atoms with E-state index in [0.29, 0.717) is 42.1 Å². The largest absolute Gasteiger partial charge is 0.508 e. The van der Waals surface area contributed by atoms with Gasteiger partial charge in [-0.25, -0.2) is 0 Å². The maximum absolute atomic E-state index is 10.0. The molecule has 0 aliphatic rings. The molecule has 0 bridgehead atoms. The Morgan fingerprint density at radius 3 is 2.54 bits per heavy atom. The summed E-state index contributed by atoms with van der Waals surface area (Å²) in [5.41, 5.74) is 1.66. The van der Waals surface area contributed by atoms with Crippen molar-refractivity contribution in [2.24, 2.45) is 0 Å². The van der Waals surface area contributed by atoms with Gasteiger partial charge in [-0.3, -0.25) is 4.90 Å². The smallest absolute Gasteiger partial charge is 0.241 e. The standard InChI is InChI=1S/C21H25N3O4/c1-4-11-24(13-16-7-5-6-8-17(16)25)14-20-22-21(23-28-20)15-9-10-18(26-2)19(12-15)27-3/h5-10,12,25H,4,11,13-14H2,1-3H3. The van der Waals surface area contributed by atoms with E-state index in [0.717, 1.165) is 24.1 Å². The Balaban J connectivity index is 1.76. The number of rotatable bonds is 9. The summed E-state index contributed by atoms with van der Waals surface area (Å²) in [5, 5.41) is 14.1. The molecule has 28 heavy (non-hydrogen) atoms. The van der Waals surface area contributed by atoms with Crippen molar-refractivity contribution in [2.45, 2.75) is 26.4 Å². The lowest BCUT2D eigenvalue weighted by molar-refractivity contribution is 0.217. The number of nitrogens with zero attached hydrogens (tertiary/aromatic N) is 3. The van der Waals surface area contributed by atoms with E-state index in [1.165, 1.54) is 0 Å². The number of para-hydroxylation sites is 1. The van der Waals surface area contributed by atoms with Crippen LogP contribution < -0.4 is 9.47 Å². The zero-order valence-corrected chi connectivity index (χ0v) is 16.4. The van der Waals surface area contributed by atoms with E-state index >= 15 is 0 Å². The molecule has 3 aromatic rings. The number of hydrogen-bond donors (Lipinski definition) is 1. The fourth-order valence-corrected chi connectivity index (χ4v) is 3.02. The second-order valence-electron chi connectivity index (χ2n) is 6.42. The van der Waals surface area contributed by atoms with Gasteiger partial charge in [-0.15, -0.1) is 0 Å². The third kappa shape index (κ3) is 4.61. The van der Waals surface area contributed by atoms with Crippen molar-refractivity contribution in [1.82, 2.24) is 15.0 Å². The van der Waals surface area contributed by atoms with E-state index < -0.39 is 0 Å². The van der Waals surface area contributed by atoms with E-state index in [4.69, 9.17) is 14.0 Å². The summed E-state index contributed by atoms with van der Waals surface area (Å²) >= 11 is 0. The molecule has 7 nitrogen and oxygen atoms in total. The summed E-state index contributed by atoms with van der Waals surface area (Å²) in [7, 11) is 3.18. The predicted molar refractivity (Wildman–Crippen MR) is 105 cm³/mol. The Hall–Kier alpha value is -3.06. The molecule has 0 saturated carbocycles. The highest BCUT2D eigenvalue weighted by molar-refractivity contribution is 5.60. The molecule has 1 N–H and O–H groups in total. The van der Waals surface area contributed by atoms with E-state index in [2.05, 4.69) is 22.0 Å². The number of phenols is 1. The summed E-state index contributed by atoms with van der Waals surface area (Å²) in [4.78, 5) is 6.69. The molecule has 0 spiro atoms. The van der Waals surface area contributed by atoms with Gasteiger partial charge >= 0.3 is 0 Å². The minimum Gasteiger partial charge on any atom is -0.508 e.